The van der Waals surface area contributed by atoms with Crippen LogP contribution in [0.5, 0.6) is 0 Å². The van der Waals surface area contributed by atoms with E-state index >= 15 is 0 Å². The summed E-state index contributed by atoms with van der Waals surface area (Å²) in [6.07, 6.45) is 0. The minimum absolute atomic E-state index is 0.0388. The zero-order valence-electron chi connectivity index (χ0n) is 13.0. The van der Waals surface area contributed by atoms with E-state index in [0.717, 1.165) is 0 Å². The largest absolute Gasteiger partial charge is 0.297 e. The average Bonchev–Trinajstić information content (AvgIpc) is 2.39. The van der Waals surface area contributed by atoms with Crippen LogP contribution in [0.2, 0.25) is 0 Å². The van der Waals surface area contributed by atoms with E-state index in [0.29, 0.717) is 18.7 Å². The number of nitrogens with zero attached hydrogens (tertiary/aromatic N) is 1. The van der Waals surface area contributed by atoms with E-state index in [-0.39, 0.29) is 18.6 Å². The molecule has 8 heteroatoms. The first-order valence-electron chi connectivity index (χ1n) is 6.96. The molecule has 0 aliphatic rings. The van der Waals surface area contributed by atoms with Crippen LogP contribution in [0.3, 0.4) is 0 Å². The molecule has 0 bridgehead atoms. The molecule has 126 valence electrons. The van der Waals surface area contributed by atoms with Gasteiger partial charge in [0.2, 0.25) is 10.0 Å². The van der Waals surface area contributed by atoms with E-state index in [9.17, 15) is 21.6 Å². The lowest BCUT2D eigenvalue weighted by Crippen LogP contribution is -2.42. The van der Waals surface area contributed by atoms with Crippen molar-refractivity contribution >= 4 is 10.0 Å². The summed E-state index contributed by atoms with van der Waals surface area (Å²) >= 11 is 0. The topological polar surface area (TPSA) is 49.4 Å². The molecule has 1 rings (SSSR count). The third-order valence-corrected chi connectivity index (χ3v) is 4.76. The van der Waals surface area contributed by atoms with E-state index < -0.39 is 32.4 Å². The molecule has 0 aromatic heterocycles. The first kappa shape index (κ1) is 18.9. The Hall–Kier alpha value is -1.12. The Labute approximate surface area is 129 Å². The lowest BCUT2D eigenvalue weighted by Gasteiger charge is -2.30. The Bertz CT molecular complexity index is 611. The number of halogens is 3. The molecule has 0 spiro atoms. The molecule has 0 saturated carbocycles. The van der Waals surface area contributed by atoms with Crippen molar-refractivity contribution in [2.45, 2.75) is 44.7 Å². The van der Waals surface area contributed by atoms with Gasteiger partial charge in [0.05, 0.1) is 0 Å². The highest BCUT2D eigenvalue weighted by Gasteiger charge is 2.24. The van der Waals surface area contributed by atoms with Gasteiger partial charge in [-0.2, -0.15) is 0 Å². The van der Waals surface area contributed by atoms with Gasteiger partial charge < -0.3 is 0 Å². The van der Waals surface area contributed by atoms with Crippen LogP contribution in [0.4, 0.5) is 13.2 Å². The lowest BCUT2D eigenvalue weighted by atomic mass is 10.2. The average molecular weight is 338 g/mol. The second-order valence-electron chi connectivity index (χ2n) is 5.50. The molecule has 0 fully saturated rings. The van der Waals surface area contributed by atoms with E-state index in [4.69, 9.17) is 0 Å². The van der Waals surface area contributed by atoms with E-state index in [1.165, 1.54) is 0 Å². The van der Waals surface area contributed by atoms with Crippen LogP contribution in [0.15, 0.2) is 17.0 Å². The number of hydrogen-bond acceptors (Lipinski definition) is 3. The molecule has 4 nitrogen and oxygen atoms in total. The van der Waals surface area contributed by atoms with Gasteiger partial charge in [-0.3, -0.25) is 4.90 Å². The van der Waals surface area contributed by atoms with Crippen molar-refractivity contribution in [2.75, 3.05) is 13.1 Å². The standard InChI is InChI=1S/C14H21F3N2O2S/c1-9(2)19(10(3)4)8-7-18-22(20,21)12-6-5-11(15)13(16)14(12)17/h5-6,9-10,18H,7-8H2,1-4H3. The van der Waals surface area contributed by atoms with Crippen LogP contribution in [-0.4, -0.2) is 38.5 Å². The molecule has 0 unspecified atom stereocenters. The van der Waals surface area contributed by atoms with Crippen LogP contribution < -0.4 is 4.72 Å². The fraction of sp³-hybridized carbons (Fsp3) is 0.571. The smallest absolute Gasteiger partial charge is 0.243 e. The highest BCUT2D eigenvalue weighted by molar-refractivity contribution is 7.89. The minimum atomic E-state index is -4.24. The summed E-state index contributed by atoms with van der Waals surface area (Å²) in [7, 11) is -4.24. The zero-order valence-corrected chi connectivity index (χ0v) is 13.8. The Morgan fingerprint density at radius 3 is 2.09 bits per heavy atom. The summed E-state index contributed by atoms with van der Waals surface area (Å²) in [6.45, 7) is 8.36. The van der Waals surface area contributed by atoms with Gasteiger partial charge in [0, 0.05) is 25.2 Å². The van der Waals surface area contributed by atoms with Crippen LogP contribution in [0.1, 0.15) is 27.7 Å². The molecule has 0 radical (unpaired) electrons. The van der Waals surface area contributed by atoms with Crippen LogP contribution in [0.25, 0.3) is 0 Å². The van der Waals surface area contributed by atoms with Crippen molar-refractivity contribution in [2.24, 2.45) is 0 Å². The van der Waals surface area contributed by atoms with E-state index in [1.54, 1.807) is 0 Å². The molecular weight excluding hydrogens is 317 g/mol. The number of rotatable bonds is 7. The maximum Gasteiger partial charge on any atom is 0.243 e. The fourth-order valence-corrected chi connectivity index (χ4v) is 3.30. The number of hydrogen-bond donors (Lipinski definition) is 1. The van der Waals surface area contributed by atoms with Gasteiger partial charge in [-0.05, 0) is 39.8 Å². The normalized spacial score (nSPS) is 12.6. The molecule has 1 N–H and O–H groups in total. The molecule has 0 saturated heterocycles. The monoisotopic (exact) mass is 338 g/mol. The quantitative estimate of drug-likeness (QED) is 0.777. The summed E-state index contributed by atoms with van der Waals surface area (Å²) in [5.74, 6) is -4.94. The Kier molecular flexibility index (Phi) is 6.39. The summed E-state index contributed by atoms with van der Waals surface area (Å²) in [6, 6.07) is 1.72. The maximum absolute atomic E-state index is 13.6. The van der Waals surface area contributed by atoms with Crippen LogP contribution in [0, 0.1) is 17.5 Å². The van der Waals surface area contributed by atoms with Crippen molar-refractivity contribution in [3.8, 4) is 0 Å². The predicted molar refractivity (Wildman–Crippen MR) is 78.5 cm³/mol. The lowest BCUT2D eigenvalue weighted by molar-refractivity contribution is 0.179. The Balaban J connectivity index is 2.83. The highest BCUT2D eigenvalue weighted by atomic mass is 32.2. The van der Waals surface area contributed by atoms with Crippen molar-refractivity contribution < 1.29 is 21.6 Å². The predicted octanol–water partition coefficient (Wildman–Crippen LogP) is 2.50. The second-order valence-corrected chi connectivity index (χ2v) is 7.23. The molecule has 0 aliphatic carbocycles. The molecule has 0 heterocycles. The highest BCUT2D eigenvalue weighted by Crippen LogP contribution is 2.19. The van der Waals surface area contributed by atoms with Gasteiger partial charge in [-0.15, -0.1) is 0 Å². The molecule has 0 aliphatic heterocycles. The number of nitrogens with one attached hydrogen (secondary N) is 1. The second kappa shape index (κ2) is 7.43. The van der Waals surface area contributed by atoms with E-state index in [2.05, 4.69) is 4.72 Å². The van der Waals surface area contributed by atoms with Gasteiger partial charge in [0.25, 0.3) is 0 Å². The van der Waals surface area contributed by atoms with Gasteiger partial charge >= 0.3 is 0 Å². The van der Waals surface area contributed by atoms with E-state index in [1.807, 2.05) is 32.6 Å². The van der Waals surface area contributed by atoms with Gasteiger partial charge in [0.15, 0.2) is 17.5 Å². The molecule has 1 aromatic carbocycles. The van der Waals surface area contributed by atoms with Crippen molar-refractivity contribution in [1.29, 1.82) is 0 Å². The third kappa shape index (κ3) is 4.44. The summed E-state index contributed by atoms with van der Waals surface area (Å²) < 4.78 is 65.7. The molecule has 1 aromatic rings. The van der Waals surface area contributed by atoms with Crippen molar-refractivity contribution in [1.82, 2.24) is 9.62 Å². The Morgan fingerprint density at radius 1 is 1.05 bits per heavy atom. The number of benzene rings is 1. The number of sulfonamides is 1. The SMILES string of the molecule is CC(C)N(CCNS(=O)(=O)c1ccc(F)c(F)c1F)C(C)C. The molecule has 0 atom stereocenters. The van der Waals surface area contributed by atoms with Crippen LogP contribution >= 0.6 is 0 Å². The van der Waals surface area contributed by atoms with Gasteiger partial charge in [-0.1, -0.05) is 0 Å². The maximum atomic E-state index is 13.6. The van der Waals surface area contributed by atoms with Gasteiger partial charge in [0.1, 0.15) is 4.90 Å². The van der Waals surface area contributed by atoms with Gasteiger partial charge in [-0.25, -0.2) is 26.3 Å². The molecule has 22 heavy (non-hydrogen) atoms. The third-order valence-electron chi connectivity index (χ3n) is 3.28. The fourth-order valence-electron chi connectivity index (χ4n) is 2.22. The van der Waals surface area contributed by atoms with Crippen molar-refractivity contribution in [3.63, 3.8) is 0 Å². The summed E-state index contributed by atoms with van der Waals surface area (Å²) in [5, 5.41) is 0. The first-order valence-corrected chi connectivity index (χ1v) is 8.45. The summed E-state index contributed by atoms with van der Waals surface area (Å²) in [5.41, 5.74) is 0. The molecular formula is C14H21F3N2O2S. The van der Waals surface area contributed by atoms with Crippen molar-refractivity contribution in [3.05, 3.63) is 29.6 Å². The van der Waals surface area contributed by atoms with Crippen LogP contribution in [-0.2, 0) is 10.0 Å². The minimum Gasteiger partial charge on any atom is -0.297 e. The first-order chi connectivity index (χ1) is 10.1. The Morgan fingerprint density at radius 2 is 1.59 bits per heavy atom. The zero-order chi connectivity index (χ0) is 17.1. The summed E-state index contributed by atoms with van der Waals surface area (Å²) in [4.78, 5) is 1.15. The molecule has 0 amide bonds.